The SMILES string of the molecule is Cc1ccc(F)c(-c2cc3c(cc2Br)C(Cl)=NCN3c2c(C)ccnc2C(C)C)c1. The zero-order valence-electron chi connectivity index (χ0n) is 17.3. The van der Waals surface area contributed by atoms with Crippen molar-refractivity contribution in [1.29, 1.82) is 0 Å². The molecule has 0 fully saturated rings. The molecule has 0 aliphatic carbocycles. The second-order valence-electron chi connectivity index (χ2n) is 7.87. The highest BCUT2D eigenvalue weighted by molar-refractivity contribution is 9.10. The zero-order chi connectivity index (χ0) is 21.6. The van der Waals surface area contributed by atoms with E-state index >= 15 is 0 Å². The summed E-state index contributed by atoms with van der Waals surface area (Å²) in [7, 11) is 0. The minimum Gasteiger partial charge on any atom is -0.319 e. The van der Waals surface area contributed by atoms with Gasteiger partial charge in [0.05, 0.1) is 17.1 Å². The Labute approximate surface area is 189 Å². The van der Waals surface area contributed by atoms with Gasteiger partial charge in [-0.3, -0.25) is 9.98 Å². The molecule has 1 aliphatic rings. The summed E-state index contributed by atoms with van der Waals surface area (Å²) in [6.07, 6.45) is 1.84. The third kappa shape index (κ3) is 3.65. The molecule has 3 aromatic rings. The van der Waals surface area contributed by atoms with Crippen LogP contribution in [0.1, 0.15) is 42.1 Å². The highest BCUT2D eigenvalue weighted by Crippen LogP contribution is 2.43. The summed E-state index contributed by atoms with van der Waals surface area (Å²) in [6.45, 7) is 8.67. The van der Waals surface area contributed by atoms with Gasteiger partial charge in [0, 0.05) is 27.4 Å². The number of aromatic nitrogens is 1. The van der Waals surface area contributed by atoms with Crippen molar-refractivity contribution >= 4 is 44.1 Å². The topological polar surface area (TPSA) is 28.5 Å². The van der Waals surface area contributed by atoms with Gasteiger partial charge >= 0.3 is 0 Å². The van der Waals surface area contributed by atoms with Crippen LogP contribution in [0.5, 0.6) is 0 Å². The van der Waals surface area contributed by atoms with Gasteiger partial charge in [-0.25, -0.2) is 4.39 Å². The van der Waals surface area contributed by atoms with Crippen molar-refractivity contribution in [1.82, 2.24) is 4.98 Å². The number of halogens is 3. The Balaban J connectivity index is 1.97. The van der Waals surface area contributed by atoms with Crippen LogP contribution in [0.25, 0.3) is 11.1 Å². The molecule has 0 N–H and O–H groups in total. The summed E-state index contributed by atoms with van der Waals surface area (Å²) in [5, 5.41) is 0.450. The Kier molecular flexibility index (Phi) is 5.69. The van der Waals surface area contributed by atoms with Gasteiger partial charge in [0.1, 0.15) is 17.7 Å². The van der Waals surface area contributed by atoms with E-state index in [0.29, 0.717) is 17.4 Å². The van der Waals surface area contributed by atoms with Crippen LogP contribution < -0.4 is 4.90 Å². The third-order valence-corrected chi connectivity index (χ3v) is 6.31. The monoisotopic (exact) mass is 485 g/mol. The molecule has 6 heteroatoms. The first-order chi connectivity index (χ1) is 14.3. The van der Waals surface area contributed by atoms with Crippen molar-refractivity contribution in [3.05, 3.63) is 75.3 Å². The third-order valence-electron chi connectivity index (χ3n) is 5.33. The molecular weight excluding hydrogens is 465 g/mol. The van der Waals surface area contributed by atoms with Gasteiger partial charge in [-0.05, 0) is 55.7 Å². The molecule has 0 saturated carbocycles. The number of anilines is 2. The molecule has 0 bridgehead atoms. The van der Waals surface area contributed by atoms with Crippen LogP contribution in [-0.2, 0) is 0 Å². The van der Waals surface area contributed by atoms with Crippen LogP contribution in [0, 0.1) is 19.7 Å². The Morgan fingerprint density at radius 2 is 1.83 bits per heavy atom. The van der Waals surface area contributed by atoms with Crippen LogP contribution in [0.15, 0.2) is 52.1 Å². The predicted molar refractivity (Wildman–Crippen MR) is 127 cm³/mol. The fourth-order valence-electron chi connectivity index (χ4n) is 3.83. The number of pyridine rings is 1. The Morgan fingerprint density at radius 1 is 1.07 bits per heavy atom. The van der Waals surface area contributed by atoms with Gasteiger partial charge in [-0.1, -0.05) is 53.0 Å². The van der Waals surface area contributed by atoms with Crippen LogP contribution in [0.3, 0.4) is 0 Å². The number of hydrogen-bond acceptors (Lipinski definition) is 3. The van der Waals surface area contributed by atoms with E-state index < -0.39 is 0 Å². The van der Waals surface area contributed by atoms with Crippen molar-refractivity contribution < 1.29 is 4.39 Å². The van der Waals surface area contributed by atoms with Crippen molar-refractivity contribution in [3.63, 3.8) is 0 Å². The second kappa shape index (κ2) is 8.12. The quantitative estimate of drug-likeness (QED) is 0.384. The summed E-state index contributed by atoms with van der Waals surface area (Å²) < 4.78 is 15.5. The van der Waals surface area contributed by atoms with E-state index in [1.54, 1.807) is 6.07 Å². The number of aliphatic imine (C=N–C) groups is 1. The van der Waals surface area contributed by atoms with Gasteiger partial charge in [0.25, 0.3) is 0 Å². The van der Waals surface area contributed by atoms with E-state index in [1.807, 2.05) is 37.4 Å². The molecule has 2 aromatic carbocycles. The molecule has 1 aliphatic heterocycles. The molecule has 0 atom stereocenters. The minimum atomic E-state index is -0.260. The summed E-state index contributed by atoms with van der Waals surface area (Å²) in [4.78, 5) is 11.3. The number of aryl methyl sites for hydroxylation is 2. The van der Waals surface area contributed by atoms with Crippen molar-refractivity contribution in [3.8, 4) is 11.1 Å². The van der Waals surface area contributed by atoms with E-state index in [2.05, 4.69) is 51.6 Å². The molecule has 3 nitrogen and oxygen atoms in total. The van der Waals surface area contributed by atoms with E-state index in [4.69, 9.17) is 11.6 Å². The molecule has 30 heavy (non-hydrogen) atoms. The molecule has 154 valence electrons. The molecule has 4 rings (SSSR count). The number of fused-ring (bicyclic) bond motifs is 1. The number of rotatable bonds is 3. The smallest absolute Gasteiger partial charge is 0.135 e. The van der Waals surface area contributed by atoms with Crippen molar-refractivity contribution in [2.45, 2.75) is 33.6 Å². The predicted octanol–water partition coefficient (Wildman–Crippen LogP) is 7.49. The standard InChI is InChI=1S/C24H22BrClFN3/c1-13(2)22-23(15(4)7-8-28-22)30-12-29-24(26)18-10-19(25)16(11-21(18)30)17-9-14(3)5-6-20(17)27/h5-11,13H,12H2,1-4H3. The molecular formula is C24H22BrClFN3. The number of benzene rings is 2. The maximum atomic E-state index is 14.7. The highest BCUT2D eigenvalue weighted by atomic mass is 79.9. The Bertz CT molecular complexity index is 1170. The zero-order valence-corrected chi connectivity index (χ0v) is 19.6. The van der Waals surface area contributed by atoms with Crippen LogP contribution in [0.2, 0.25) is 0 Å². The van der Waals surface area contributed by atoms with Gasteiger partial charge in [-0.15, -0.1) is 0 Å². The maximum absolute atomic E-state index is 14.7. The second-order valence-corrected chi connectivity index (χ2v) is 9.08. The average Bonchev–Trinajstić information content (AvgIpc) is 2.70. The Morgan fingerprint density at radius 3 is 2.57 bits per heavy atom. The normalized spacial score (nSPS) is 13.5. The Hall–Kier alpha value is -2.24. The lowest BCUT2D eigenvalue weighted by atomic mass is 9.98. The average molecular weight is 487 g/mol. The fraction of sp³-hybridized carbons (Fsp3) is 0.250. The van der Waals surface area contributed by atoms with E-state index in [-0.39, 0.29) is 11.7 Å². The first-order valence-electron chi connectivity index (χ1n) is 9.81. The molecule has 2 heterocycles. The van der Waals surface area contributed by atoms with Gasteiger partial charge < -0.3 is 4.90 Å². The van der Waals surface area contributed by atoms with Crippen LogP contribution >= 0.6 is 27.5 Å². The minimum absolute atomic E-state index is 0.244. The summed E-state index contributed by atoms with van der Waals surface area (Å²) >= 11 is 10.1. The van der Waals surface area contributed by atoms with Crippen LogP contribution in [-0.4, -0.2) is 16.8 Å². The van der Waals surface area contributed by atoms with Crippen molar-refractivity contribution in [2.75, 3.05) is 11.6 Å². The summed E-state index contributed by atoms with van der Waals surface area (Å²) in [5.74, 6) is -0.0161. The number of nitrogens with zero attached hydrogens (tertiary/aromatic N) is 3. The van der Waals surface area contributed by atoms with Crippen LogP contribution in [0.4, 0.5) is 15.8 Å². The van der Waals surface area contributed by atoms with Gasteiger partial charge in [0.15, 0.2) is 0 Å². The molecule has 0 radical (unpaired) electrons. The lowest BCUT2D eigenvalue weighted by Gasteiger charge is -2.32. The van der Waals surface area contributed by atoms with E-state index in [9.17, 15) is 4.39 Å². The lowest BCUT2D eigenvalue weighted by Crippen LogP contribution is -2.26. The molecule has 0 amide bonds. The van der Waals surface area contributed by atoms with Gasteiger partial charge in [-0.2, -0.15) is 0 Å². The molecule has 0 saturated heterocycles. The van der Waals surface area contributed by atoms with Gasteiger partial charge in [0.2, 0.25) is 0 Å². The molecule has 0 spiro atoms. The summed E-state index contributed by atoms with van der Waals surface area (Å²) in [6, 6.07) is 11.1. The maximum Gasteiger partial charge on any atom is 0.135 e. The highest BCUT2D eigenvalue weighted by Gasteiger charge is 2.27. The largest absolute Gasteiger partial charge is 0.319 e. The molecule has 1 aromatic heterocycles. The lowest BCUT2D eigenvalue weighted by molar-refractivity contribution is 0.631. The first kappa shape index (κ1) is 21.0. The fourth-order valence-corrected chi connectivity index (χ4v) is 4.59. The molecule has 0 unspecified atom stereocenters. The van der Waals surface area contributed by atoms with E-state index in [1.165, 1.54) is 6.07 Å². The number of hydrogen-bond donors (Lipinski definition) is 0. The van der Waals surface area contributed by atoms with Crippen molar-refractivity contribution in [2.24, 2.45) is 4.99 Å². The first-order valence-corrected chi connectivity index (χ1v) is 11.0. The van der Waals surface area contributed by atoms with E-state index in [0.717, 1.165) is 43.8 Å². The summed E-state index contributed by atoms with van der Waals surface area (Å²) in [5.41, 5.74) is 7.17.